The number of hydrogen-bond acceptors (Lipinski definition) is 8. The van der Waals surface area contributed by atoms with Crippen LogP contribution in [0.25, 0.3) is 0 Å². The fourth-order valence-electron chi connectivity index (χ4n) is 8.31. The second-order valence-corrected chi connectivity index (χ2v) is 13.2. The molecule has 0 amide bonds. The van der Waals surface area contributed by atoms with Crippen molar-refractivity contribution in [2.45, 2.75) is 43.7 Å². The molecule has 0 saturated carbocycles. The lowest BCUT2D eigenvalue weighted by Gasteiger charge is -2.37. The summed E-state index contributed by atoms with van der Waals surface area (Å²) in [5.41, 5.74) is 10.8. The highest BCUT2D eigenvalue weighted by Gasteiger charge is 2.40. The maximum atomic E-state index is 10.8. The summed E-state index contributed by atoms with van der Waals surface area (Å²) in [7, 11) is 11.1. The lowest BCUT2D eigenvalue weighted by molar-refractivity contribution is 0.229. The maximum Gasteiger partial charge on any atom is 0.164 e. The number of likely N-dealkylation sites (N-methyl/N-ethyl adjacent to an activating group) is 2. The summed E-state index contributed by atoms with van der Waals surface area (Å²) in [6, 6.07) is 18.3. The number of phenolic OH excluding ortho intramolecular Hbond substituents is 2. The molecule has 4 aromatic rings. The molecular formula is C39H44N2O6. The smallest absolute Gasteiger partial charge is 0.164 e. The summed E-state index contributed by atoms with van der Waals surface area (Å²) < 4.78 is 23.8. The zero-order valence-corrected chi connectivity index (χ0v) is 28.1. The predicted octanol–water partition coefficient (Wildman–Crippen LogP) is 6.17. The monoisotopic (exact) mass is 636 g/mol. The van der Waals surface area contributed by atoms with Crippen LogP contribution in [0.3, 0.4) is 0 Å². The van der Waals surface area contributed by atoms with Gasteiger partial charge in [-0.25, -0.2) is 0 Å². The second kappa shape index (κ2) is 12.3. The highest BCUT2D eigenvalue weighted by Crippen LogP contribution is 2.52. The zero-order chi connectivity index (χ0) is 33.0. The molecule has 8 rings (SSSR count). The van der Waals surface area contributed by atoms with Crippen molar-refractivity contribution < 1.29 is 29.2 Å². The number of fused-ring (bicyclic) bond motifs is 2. The molecule has 47 heavy (non-hydrogen) atoms. The number of methoxy groups -OCH3 is 4. The molecule has 3 unspecified atom stereocenters. The van der Waals surface area contributed by atoms with Crippen molar-refractivity contribution in [1.29, 1.82) is 0 Å². The molecule has 2 bridgehead atoms. The number of rotatable bonds is 8. The third kappa shape index (κ3) is 5.33. The zero-order valence-electron chi connectivity index (χ0n) is 28.1. The first-order chi connectivity index (χ1) is 22.7. The van der Waals surface area contributed by atoms with Gasteiger partial charge in [0.15, 0.2) is 23.0 Å². The van der Waals surface area contributed by atoms with Crippen LogP contribution in [0.15, 0.2) is 54.6 Å². The minimum Gasteiger partial charge on any atom is -0.508 e. The SMILES string of the molecule is COc1cc2c(cc1O)C1Cc3c(cc(OC)c(OC)c3Cc3cc4c(cc3OC)CCN(C)C4Cc3ccc(O)cc3)C2N(C)C1. The first-order valence-corrected chi connectivity index (χ1v) is 16.3. The van der Waals surface area contributed by atoms with Gasteiger partial charge in [-0.3, -0.25) is 9.80 Å². The van der Waals surface area contributed by atoms with Crippen LogP contribution in [-0.4, -0.2) is 75.6 Å². The van der Waals surface area contributed by atoms with E-state index in [4.69, 9.17) is 18.9 Å². The lowest BCUT2D eigenvalue weighted by Crippen LogP contribution is -2.33. The number of hydrogen-bond donors (Lipinski definition) is 2. The van der Waals surface area contributed by atoms with E-state index >= 15 is 0 Å². The Kier molecular flexibility index (Phi) is 8.18. The number of ether oxygens (including phenoxy) is 4. The predicted molar refractivity (Wildman–Crippen MR) is 182 cm³/mol. The Morgan fingerprint density at radius 2 is 1.47 bits per heavy atom. The highest BCUT2D eigenvalue weighted by atomic mass is 16.5. The topological polar surface area (TPSA) is 83.9 Å². The van der Waals surface area contributed by atoms with Crippen LogP contribution >= 0.6 is 0 Å². The van der Waals surface area contributed by atoms with Crippen LogP contribution in [0.4, 0.5) is 0 Å². The van der Waals surface area contributed by atoms with E-state index in [-0.39, 0.29) is 29.5 Å². The van der Waals surface area contributed by atoms with E-state index in [1.807, 2.05) is 24.3 Å². The van der Waals surface area contributed by atoms with Gasteiger partial charge in [0.25, 0.3) is 0 Å². The van der Waals surface area contributed by atoms with E-state index in [1.54, 1.807) is 40.6 Å². The minimum absolute atomic E-state index is 0.0272. The molecule has 1 aliphatic carbocycles. The van der Waals surface area contributed by atoms with Gasteiger partial charge >= 0.3 is 0 Å². The number of phenols is 2. The van der Waals surface area contributed by atoms with Gasteiger partial charge in [0.1, 0.15) is 11.5 Å². The Balaban J connectivity index is 1.37. The molecule has 2 N–H and O–H groups in total. The molecule has 8 heteroatoms. The Morgan fingerprint density at radius 3 is 2.17 bits per heavy atom. The molecule has 246 valence electrons. The van der Waals surface area contributed by atoms with E-state index in [9.17, 15) is 10.2 Å². The molecule has 3 heterocycles. The van der Waals surface area contributed by atoms with Crippen molar-refractivity contribution in [3.8, 4) is 34.5 Å². The average molecular weight is 637 g/mol. The molecule has 0 radical (unpaired) electrons. The summed E-state index contributed by atoms with van der Waals surface area (Å²) in [6.45, 7) is 1.84. The average Bonchev–Trinajstić information content (AvgIpc) is 3.29. The van der Waals surface area contributed by atoms with Crippen LogP contribution in [0.5, 0.6) is 34.5 Å². The van der Waals surface area contributed by atoms with Crippen LogP contribution in [-0.2, 0) is 25.7 Å². The Morgan fingerprint density at radius 1 is 0.745 bits per heavy atom. The maximum absolute atomic E-state index is 10.8. The van der Waals surface area contributed by atoms with Gasteiger partial charge in [-0.2, -0.15) is 0 Å². The summed E-state index contributed by atoms with van der Waals surface area (Å²) in [5.74, 6) is 3.45. The minimum atomic E-state index is -0.0272. The Hall–Kier alpha value is -4.40. The normalized spacial score (nSPS) is 20.2. The van der Waals surface area contributed by atoms with Crippen molar-refractivity contribution >= 4 is 0 Å². The third-order valence-electron chi connectivity index (χ3n) is 10.6. The molecule has 4 aromatic carbocycles. The lowest BCUT2D eigenvalue weighted by atomic mass is 9.84. The van der Waals surface area contributed by atoms with Gasteiger partial charge in [-0.05, 0) is 120 Å². The van der Waals surface area contributed by atoms with E-state index in [2.05, 4.69) is 42.1 Å². The fourth-order valence-corrected chi connectivity index (χ4v) is 8.31. The Labute approximate surface area is 277 Å². The third-order valence-corrected chi connectivity index (χ3v) is 10.6. The van der Waals surface area contributed by atoms with Gasteiger partial charge in [0, 0.05) is 37.0 Å². The van der Waals surface area contributed by atoms with E-state index in [0.717, 1.165) is 66.1 Å². The quantitative estimate of drug-likeness (QED) is 0.238. The highest BCUT2D eigenvalue weighted by molar-refractivity contribution is 5.63. The molecule has 0 fully saturated rings. The van der Waals surface area contributed by atoms with Crippen LogP contribution < -0.4 is 18.9 Å². The van der Waals surface area contributed by atoms with Crippen molar-refractivity contribution in [2.24, 2.45) is 0 Å². The van der Waals surface area contributed by atoms with Crippen molar-refractivity contribution in [2.75, 3.05) is 55.6 Å². The molecule has 8 nitrogen and oxygen atoms in total. The first kappa shape index (κ1) is 31.2. The van der Waals surface area contributed by atoms with Crippen molar-refractivity contribution in [3.05, 3.63) is 105 Å². The number of benzene rings is 4. The van der Waals surface area contributed by atoms with Crippen LogP contribution in [0.2, 0.25) is 0 Å². The standard InChI is InChI=1S/C39H44N2O6/c1-40-12-11-23-17-35(44-3)24(14-28(23)33(40)13-22-7-9-26(42)10-8-22)15-32-29-16-25-21-41(2)38(31(29)20-37(46-5)39(32)47-6)30-19-36(45-4)34(43)18-27(25)30/h7-10,14,17-20,25,33,38,42-43H,11-13,15-16,21H2,1-6H3. The summed E-state index contributed by atoms with van der Waals surface area (Å²) in [5, 5.41) is 20.6. The van der Waals surface area contributed by atoms with Crippen LogP contribution in [0.1, 0.15) is 68.1 Å². The van der Waals surface area contributed by atoms with Gasteiger partial charge in [0.05, 0.1) is 34.5 Å². The summed E-state index contributed by atoms with van der Waals surface area (Å²) in [6.07, 6.45) is 3.22. The molecule has 0 spiro atoms. The van der Waals surface area contributed by atoms with Crippen molar-refractivity contribution in [1.82, 2.24) is 9.80 Å². The molecular weight excluding hydrogens is 592 g/mol. The molecule has 3 atom stereocenters. The number of nitrogens with zero attached hydrogens (tertiary/aromatic N) is 2. The molecule has 0 saturated heterocycles. The fraction of sp³-hybridized carbons (Fsp3) is 0.385. The summed E-state index contributed by atoms with van der Waals surface area (Å²) >= 11 is 0. The largest absolute Gasteiger partial charge is 0.508 e. The second-order valence-electron chi connectivity index (χ2n) is 13.2. The van der Waals surface area contributed by atoms with Crippen molar-refractivity contribution in [3.63, 3.8) is 0 Å². The summed E-state index contributed by atoms with van der Waals surface area (Å²) in [4.78, 5) is 4.83. The molecule has 4 aliphatic rings. The van der Waals surface area contributed by atoms with Gasteiger partial charge in [0.2, 0.25) is 0 Å². The van der Waals surface area contributed by atoms with Gasteiger partial charge < -0.3 is 29.2 Å². The number of aromatic hydroxyl groups is 2. The Bertz CT molecular complexity index is 1820. The first-order valence-electron chi connectivity index (χ1n) is 16.3. The van der Waals surface area contributed by atoms with Gasteiger partial charge in [-0.15, -0.1) is 0 Å². The van der Waals surface area contributed by atoms with E-state index in [0.29, 0.717) is 17.9 Å². The van der Waals surface area contributed by atoms with E-state index < -0.39 is 0 Å². The molecule has 0 aromatic heterocycles. The van der Waals surface area contributed by atoms with Gasteiger partial charge in [-0.1, -0.05) is 12.1 Å². The van der Waals surface area contributed by atoms with E-state index in [1.165, 1.54) is 27.8 Å². The molecule has 3 aliphatic heterocycles. The van der Waals surface area contributed by atoms with Crippen LogP contribution in [0, 0.1) is 0 Å².